The van der Waals surface area contributed by atoms with Crippen molar-refractivity contribution in [2.45, 2.75) is 52.0 Å². The molecule has 1 aromatic carbocycles. The van der Waals surface area contributed by atoms with Crippen molar-refractivity contribution in [3.05, 3.63) is 57.9 Å². The fourth-order valence-electron chi connectivity index (χ4n) is 4.41. The van der Waals surface area contributed by atoms with E-state index in [9.17, 15) is 13.6 Å². The van der Waals surface area contributed by atoms with Crippen molar-refractivity contribution >= 4 is 5.91 Å². The fourth-order valence-corrected chi connectivity index (χ4v) is 4.41. The zero-order valence-corrected chi connectivity index (χ0v) is 15.2. The van der Waals surface area contributed by atoms with Gasteiger partial charge in [0.1, 0.15) is 17.3 Å². The van der Waals surface area contributed by atoms with Gasteiger partial charge in [0.25, 0.3) is 5.91 Å². The zero-order valence-electron chi connectivity index (χ0n) is 15.2. The Balaban J connectivity index is 1.79. The number of rotatable bonds is 3. The van der Waals surface area contributed by atoms with Crippen molar-refractivity contribution in [2.24, 2.45) is 0 Å². The van der Waals surface area contributed by atoms with Crippen molar-refractivity contribution in [1.29, 1.82) is 0 Å². The molecule has 3 nitrogen and oxygen atoms in total. The molecule has 0 atom stereocenters. The highest BCUT2D eigenvalue weighted by Gasteiger charge is 2.30. The molecule has 0 unspecified atom stereocenters. The van der Waals surface area contributed by atoms with Crippen molar-refractivity contribution in [2.75, 3.05) is 13.1 Å². The van der Waals surface area contributed by atoms with Gasteiger partial charge in [-0.15, -0.1) is 0 Å². The van der Waals surface area contributed by atoms with Crippen LogP contribution in [0.5, 0.6) is 0 Å². The number of fused-ring (bicyclic) bond motifs is 1. The van der Waals surface area contributed by atoms with E-state index >= 15 is 0 Å². The van der Waals surface area contributed by atoms with Gasteiger partial charge in [-0.25, -0.2) is 8.78 Å². The molecule has 2 heterocycles. The lowest BCUT2D eigenvalue weighted by molar-refractivity contribution is 0.0781. The normalized spacial score (nSPS) is 16.8. The van der Waals surface area contributed by atoms with Crippen LogP contribution in [0.3, 0.4) is 0 Å². The molecule has 0 radical (unpaired) electrons. The van der Waals surface area contributed by atoms with Gasteiger partial charge in [0.15, 0.2) is 0 Å². The van der Waals surface area contributed by atoms with Gasteiger partial charge in [-0.2, -0.15) is 0 Å². The Kier molecular flexibility index (Phi) is 4.55. The largest absolute Gasteiger partial charge is 0.337 e. The molecule has 2 aliphatic rings. The maximum atomic E-state index is 14.3. The fraction of sp³-hybridized carbons (Fsp3) is 0.476. The van der Waals surface area contributed by atoms with Crippen LogP contribution in [0.15, 0.2) is 18.2 Å². The number of amides is 1. The van der Waals surface area contributed by atoms with E-state index in [1.807, 2.05) is 16.4 Å². The van der Waals surface area contributed by atoms with Crippen molar-refractivity contribution in [3.8, 4) is 0 Å². The third kappa shape index (κ3) is 2.93. The SMILES string of the molecule is Cc1c2c(n(Cc3ccc(F)cc3F)c1C(=O)N1CCCC1)CCCC2. The highest BCUT2D eigenvalue weighted by Crippen LogP contribution is 2.32. The van der Waals surface area contributed by atoms with Crippen LogP contribution in [0, 0.1) is 18.6 Å². The number of benzene rings is 1. The lowest BCUT2D eigenvalue weighted by Gasteiger charge is -2.20. The predicted octanol–water partition coefficient (Wildman–Crippen LogP) is 4.24. The first-order valence-electron chi connectivity index (χ1n) is 9.50. The molecule has 1 fully saturated rings. The number of halogens is 2. The Hall–Kier alpha value is -2.17. The minimum absolute atomic E-state index is 0.0527. The number of carbonyl (C=O) groups is 1. The third-order valence-electron chi connectivity index (χ3n) is 5.78. The van der Waals surface area contributed by atoms with Gasteiger partial charge in [-0.3, -0.25) is 4.79 Å². The Labute approximate surface area is 152 Å². The van der Waals surface area contributed by atoms with E-state index in [1.54, 1.807) is 0 Å². The van der Waals surface area contributed by atoms with Crippen molar-refractivity contribution in [3.63, 3.8) is 0 Å². The van der Waals surface area contributed by atoms with Crippen LogP contribution in [0.4, 0.5) is 8.78 Å². The molecule has 1 saturated heterocycles. The second kappa shape index (κ2) is 6.86. The van der Waals surface area contributed by atoms with Crippen molar-refractivity contribution in [1.82, 2.24) is 9.47 Å². The van der Waals surface area contributed by atoms with E-state index in [1.165, 1.54) is 17.7 Å². The average molecular weight is 358 g/mol. The maximum Gasteiger partial charge on any atom is 0.270 e. The molecule has 138 valence electrons. The molecule has 1 aromatic heterocycles. The van der Waals surface area contributed by atoms with Gasteiger partial charge in [0, 0.05) is 30.4 Å². The summed E-state index contributed by atoms with van der Waals surface area (Å²) in [7, 11) is 0. The van der Waals surface area contributed by atoms with Gasteiger partial charge in [0.05, 0.1) is 6.54 Å². The number of hydrogen-bond acceptors (Lipinski definition) is 1. The lowest BCUT2D eigenvalue weighted by atomic mass is 9.95. The predicted molar refractivity (Wildman–Crippen MR) is 96.4 cm³/mol. The van der Waals surface area contributed by atoms with Crippen LogP contribution in [0.25, 0.3) is 0 Å². The van der Waals surface area contributed by atoms with E-state index in [0.717, 1.165) is 68.9 Å². The van der Waals surface area contributed by atoms with Gasteiger partial charge >= 0.3 is 0 Å². The molecule has 1 aliphatic heterocycles. The summed E-state index contributed by atoms with van der Waals surface area (Å²) in [6.45, 7) is 3.88. The van der Waals surface area contributed by atoms with E-state index in [2.05, 4.69) is 0 Å². The van der Waals surface area contributed by atoms with Crippen LogP contribution < -0.4 is 0 Å². The third-order valence-corrected chi connectivity index (χ3v) is 5.78. The zero-order chi connectivity index (χ0) is 18.3. The highest BCUT2D eigenvalue weighted by molar-refractivity contribution is 5.95. The standard InChI is InChI=1S/C21H24F2N2O/c1-14-17-6-2-3-7-19(17)25(13-15-8-9-16(22)12-18(15)23)20(14)21(26)24-10-4-5-11-24/h8-9,12H,2-7,10-11,13H2,1H3. The Morgan fingerprint density at radius 3 is 2.54 bits per heavy atom. The molecule has 1 aliphatic carbocycles. The Morgan fingerprint density at radius 1 is 1.08 bits per heavy atom. The summed E-state index contributed by atoms with van der Waals surface area (Å²) in [5.41, 5.74) is 4.56. The molecule has 2 aromatic rings. The summed E-state index contributed by atoms with van der Waals surface area (Å²) < 4.78 is 29.5. The minimum Gasteiger partial charge on any atom is -0.337 e. The summed E-state index contributed by atoms with van der Waals surface area (Å²) >= 11 is 0. The Bertz CT molecular complexity index is 850. The second-order valence-corrected chi connectivity index (χ2v) is 7.43. The molecule has 1 amide bonds. The smallest absolute Gasteiger partial charge is 0.270 e. The molecule has 26 heavy (non-hydrogen) atoms. The van der Waals surface area contributed by atoms with E-state index in [4.69, 9.17) is 0 Å². The second-order valence-electron chi connectivity index (χ2n) is 7.43. The molecular formula is C21H24F2N2O. The summed E-state index contributed by atoms with van der Waals surface area (Å²) in [4.78, 5) is 15.1. The maximum absolute atomic E-state index is 14.3. The van der Waals surface area contributed by atoms with E-state index in [-0.39, 0.29) is 12.5 Å². The number of hydrogen-bond donors (Lipinski definition) is 0. The monoisotopic (exact) mass is 358 g/mol. The molecular weight excluding hydrogens is 334 g/mol. The van der Waals surface area contributed by atoms with E-state index in [0.29, 0.717) is 11.3 Å². The van der Waals surface area contributed by atoms with Crippen LogP contribution in [0.1, 0.15) is 58.6 Å². The van der Waals surface area contributed by atoms with Gasteiger partial charge in [0.2, 0.25) is 0 Å². The number of aromatic nitrogens is 1. The molecule has 0 bridgehead atoms. The number of nitrogens with zero attached hydrogens (tertiary/aromatic N) is 2. The highest BCUT2D eigenvalue weighted by atomic mass is 19.1. The lowest BCUT2D eigenvalue weighted by Crippen LogP contribution is -2.30. The molecule has 0 spiro atoms. The van der Waals surface area contributed by atoms with Crippen LogP contribution >= 0.6 is 0 Å². The van der Waals surface area contributed by atoms with Crippen LogP contribution in [-0.4, -0.2) is 28.5 Å². The number of carbonyl (C=O) groups excluding carboxylic acids is 1. The average Bonchev–Trinajstić information content (AvgIpc) is 3.25. The van der Waals surface area contributed by atoms with Crippen LogP contribution in [0.2, 0.25) is 0 Å². The Morgan fingerprint density at radius 2 is 1.81 bits per heavy atom. The number of likely N-dealkylation sites (tertiary alicyclic amines) is 1. The quantitative estimate of drug-likeness (QED) is 0.806. The van der Waals surface area contributed by atoms with Crippen LogP contribution in [-0.2, 0) is 19.4 Å². The van der Waals surface area contributed by atoms with Gasteiger partial charge in [-0.1, -0.05) is 6.07 Å². The first-order valence-corrected chi connectivity index (χ1v) is 9.50. The molecule has 0 saturated carbocycles. The molecule has 0 N–H and O–H groups in total. The molecule has 5 heteroatoms. The topological polar surface area (TPSA) is 25.2 Å². The molecule has 4 rings (SSSR count). The van der Waals surface area contributed by atoms with Crippen molar-refractivity contribution < 1.29 is 13.6 Å². The van der Waals surface area contributed by atoms with Gasteiger partial charge < -0.3 is 9.47 Å². The summed E-state index contributed by atoms with van der Waals surface area (Å²) in [6.07, 6.45) is 6.17. The summed E-state index contributed by atoms with van der Waals surface area (Å²) in [5.74, 6) is -1.08. The summed E-state index contributed by atoms with van der Waals surface area (Å²) in [5, 5.41) is 0. The minimum atomic E-state index is -0.578. The first-order chi connectivity index (χ1) is 12.6. The first kappa shape index (κ1) is 17.3. The van der Waals surface area contributed by atoms with Gasteiger partial charge in [-0.05, 0) is 62.6 Å². The van der Waals surface area contributed by atoms with E-state index < -0.39 is 11.6 Å². The summed E-state index contributed by atoms with van der Waals surface area (Å²) in [6, 6.07) is 3.68.